The van der Waals surface area contributed by atoms with Gasteiger partial charge in [-0.25, -0.2) is 14.2 Å². The first-order valence-corrected chi connectivity index (χ1v) is 8.77. The number of aromatic nitrogens is 2. The first kappa shape index (κ1) is 20.6. The van der Waals surface area contributed by atoms with Gasteiger partial charge in [-0.05, 0) is 31.2 Å². The van der Waals surface area contributed by atoms with E-state index in [9.17, 15) is 26.6 Å². The molecule has 2 rings (SSSR count). The van der Waals surface area contributed by atoms with E-state index in [2.05, 4.69) is 9.97 Å². The van der Waals surface area contributed by atoms with Crippen molar-refractivity contribution < 1.29 is 31.7 Å². The van der Waals surface area contributed by atoms with Crippen molar-refractivity contribution in [1.29, 1.82) is 0 Å². The van der Waals surface area contributed by atoms with Crippen LogP contribution in [0, 0.1) is 0 Å². The van der Waals surface area contributed by atoms with Crippen LogP contribution in [0.2, 0.25) is 0 Å². The summed E-state index contributed by atoms with van der Waals surface area (Å²) < 4.78 is 61.6. The molecular weight excluding hydrogens is 390 g/mol. The molecule has 27 heavy (non-hydrogen) atoms. The normalized spacial score (nSPS) is 14.4. The molecule has 0 aliphatic carbocycles. The Morgan fingerprint density at radius 1 is 1.41 bits per heavy atom. The van der Waals surface area contributed by atoms with Gasteiger partial charge in [0.05, 0.1) is 21.8 Å². The van der Waals surface area contributed by atoms with Crippen LogP contribution in [0.4, 0.5) is 28.3 Å². The lowest BCUT2D eigenvalue weighted by Gasteiger charge is -2.07. The van der Waals surface area contributed by atoms with E-state index in [1.807, 2.05) is 0 Å². The van der Waals surface area contributed by atoms with E-state index in [-0.39, 0.29) is 17.3 Å². The van der Waals surface area contributed by atoms with Crippen LogP contribution in [0.15, 0.2) is 46.6 Å². The standard InChI is InChI=1S/C16H15F4N3O3S/c1-9(7-13(17)16(18,19)20)5-6-27(26)10-3-4-11-12(8-10)22-14(21-11)23(2)15(24)25/h3-5,7-8H,6H2,1-2H3,(H,21,22)(H,24,25)/b9-5+,13-7-. The third kappa shape index (κ3) is 5.16. The number of benzene rings is 1. The number of anilines is 1. The number of hydrogen-bond donors (Lipinski definition) is 2. The topological polar surface area (TPSA) is 86.3 Å². The fraction of sp³-hybridized carbons (Fsp3) is 0.250. The zero-order valence-electron chi connectivity index (χ0n) is 14.2. The van der Waals surface area contributed by atoms with Crippen LogP contribution in [-0.2, 0) is 10.8 Å². The number of carboxylic acid groups (broad SMARTS) is 1. The Morgan fingerprint density at radius 3 is 2.67 bits per heavy atom. The summed E-state index contributed by atoms with van der Waals surface area (Å²) in [5, 5.41) is 8.95. The number of amides is 1. The van der Waals surface area contributed by atoms with Crippen LogP contribution in [0.25, 0.3) is 11.0 Å². The number of halogens is 4. The minimum atomic E-state index is -5.05. The lowest BCUT2D eigenvalue weighted by Crippen LogP contribution is -2.24. The molecule has 2 aromatic rings. The Kier molecular flexibility index (Phi) is 6.04. The van der Waals surface area contributed by atoms with E-state index in [1.165, 1.54) is 38.2 Å². The summed E-state index contributed by atoms with van der Waals surface area (Å²) in [6.45, 7) is 1.27. The third-order valence-corrected chi connectivity index (χ3v) is 4.74. The first-order chi connectivity index (χ1) is 12.5. The molecular formula is C16H15F4N3O3S. The molecule has 1 atom stereocenters. The largest absolute Gasteiger partial charge is 0.465 e. The van der Waals surface area contributed by atoms with Crippen LogP contribution >= 0.6 is 0 Å². The van der Waals surface area contributed by atoms with Crippen molar-refractivity contribution in [2.75, 3.05) is 17.7 Å². The predicted molar refractivity (Wildman–Crippen MR) is 92.8 cm³/mol. The summed E-state index contributed by atoms with van der Waals surface area (Å²) >= 11 is 0. The minimum absolute atomic E-state index is 0.00818. The number of nitrogens with zero attached hydrogens (tertiary/aromatic N) is 2. The molecule has 1 aromatic heterocycles. The predicted octanol–water partition coefficient (Wildman–Crippen LogP) is 4.15. The van der Waals surface area contributed by atoms with E-state index in [4.69, 9.17) is 5.11 Å². The van der Waals surface area contributed by atoms with Crippen molar-refractivity contribution in [3.63, 3.8) is 0 Å². The zero-order valence-corrected chi connectivity index (χ0v) is 15.0. The molecule has 0 aliphatic rings. The number of imidazole rings is 1. The van der Waals surface area contributed by atoms with Gasteiger partial charge in [-0.2, -0.15) is 13.2 Å². The quantitative estimate of drug-likeness (QED) is 0.578. The lowest BCUT2D eigenvalue weighted by atomic mass is 10.2. The van der Waals surface area contributed by atoms with Gasteiger partial charge >= 0.3 is 12.3 Å². The molecule has 1 heterocycles. The van der Waals surface area contributed by atoms with Crippen LogP contribution in [0.3, 0.4) is 0 Å². The highest BCUT2D eigenvalue weighted by Crippen LogP contribution is 2.27. The highest BCUT2D eigenvalue weighted by Gasteiger charge is 2.34. The van der Waals surface area contributed by atoms with Crippen LogP contribution in [-0.4, -0.2) is 44.4 Å². The van der Waals surface area contributed by atoms with Gasteiger partial charge in [-0.15, -0.1) is 0 Å². The second-order valence-electron chi connectivity index (χ2n) is 5.53. The van der Waals surface area contributed by atoms with Gasteiger partial charge in [0.25, 0.3) is 0 Å². The van der Waals surface area contributed by atoms with Gasteiger partial charge in [0.2, 0.25) is 11.8 Å². The molecule has 1 amide bonds. The summed E-state index contributed by atoms with van der Waals surface area (Å²) in [6.07, 6.45) is -4.69. The van der Waals surface area contributed by atoms with Crippen molar-refractivity contribution in [3.8, 4) is 0 Å². The molecule has 0 aliphatic heterocycles. The summed E-state index contributed by atoms with van der Waals surface area (Å²) in [5.41, 5.74) is 0.902. The fourth-order valence-electron chi connectivity index (χ4n) is 2.01. The number of allylic oxidation sites excluding steroid dienone is 3. The Labute approximate surface area is 153 Å². The van der Waals surface area contributed by atoms with E-state index in [1.54, 1.807) is 0 Å². The van der Waals surface area contributed by atoms with Gasteiger partial charge < -0.3 is 10.1 Å². The summed E-state index contributed by atoms with van der Waals surface area (Å²) in [7, 11) is -0.287. The Hall–Kier alpha value is -2.69. The van der Waals surface area contributed by atoms with E-state index in [0.717, 1.165) is 4.90 Å². The Bertz CT molecular complexity index is 950. The molecule has 0 radical (unpaired) electrons. The lowest BCUT2D eigenvalue weighted by molar-refractivity contribution is -0.108. The van der Waals surface area contributed by atoms with E-state index in [0.29, 0.717) is 22.0 Å². The molecule has 0 spiro atoms. The molecule has 0 bridgehead atoms. The second-order valence-corrected chi connectivity index (χ2v) is 7.03. The van der Waals surface area contributed by atoms with E-state index >= 15 is 0 Å². The molecule has 0 saturated heterocycles. The number of H-pyrrole nitrogens is 1. The highest BCUT2D eigenvalue weighted by atomic mass is 32.2. The highest BCUT2D eigenvalue weighted by molar-refractivity contribution is 7.85. The number of rotatable bonds is 5. The number of nitrogens with one attached hydrogen (secondary N) is 1. The first-order valence-electron chi connectivity index (χ1n) is 7.45. The summed E-state index contributed by atoms with van der Waals surface area (Å²) in [5.74, 6) is -2.26. The average Bonchev–Trinajstić information content (AvgIpc) is 3.00. The van der Waals surface area contributed by atoms with Gasteiger partial charge in [0, 0.05) is 17.7 Å². The molecule has 1 aromatic carbocycles. The average molecular weight is 405 g/mol. The summed E-state index contributed by atoms with van der Waals surface area (Å²) in [4.78, 5) is 19.1. The number of carbonyl (C=O) groups is 1. The molecule has 11 heteroatoms. The third-order valence-electron chi connectivity index (χ3n) is 3.49. The van der Waals surface area contributed by atoms with Gasteiger partial charge in [-0.1, -0.05) is 11.6 Å². The van der Waals surface area contributed by atoms with Crippen molar-refractivity contribution in [2.24, 2.45) is 0 Å². The monoisotopic (exact) mass is 405 g/mol. The maximum Gasteiger partial charge on any atom is 0.442 e. The second kappa shape index (κ2) is 7.91. The number of hydrogen-bond acceptors (Lipinski definition) is 3. The number of aromatic amines is 1. The SMILES string of the molecule is CC(/C=C(\F)C(F)(F)F)=C\CS(=O)c1ccc2nc(N(C)C(=O)O)[nH]c2c1. The maximum atomic E-state index is 12.9. The van der Waals surface area contributed by atoms with Crippen molar-refractivity contribution >= 4 is 33.9 Å². The molecule has 0 saturated carbocycles. The minimum Gasteiger partial charge on any atom is -0.465 e. The van der Waals surface area contributed by atoms with Gasteiger partial charge in [0.1, 0.15) is 0 Å². The van der Waals surface area contributed by atoms with Crippen molar-refractivity contribution in [3.05, 3.63) is 41.8 Å². The summed E-state index contributed by atoms with van der Waals surface area (Å²) in [6, 6.07) is 4.56. The maximum absolute atomic E-state index is 12.9. The molecule has 0 fully saturated rings. The van der Waals surface area contributed by atoms with Crippen molar-refractivity contribution in [2.45, 2.75) is 18.0 Å². The smallest absolute Gasteiger partial charge is 0.442 e. The van der Waals surface area contributed by atoms with Crippen LogP contribution < -0.4 is 4.90 Å². The Morgan fingerprint density at radius 2 is 2.07 bits per heavy atom. The molecule has 2 N–H and O–H groups in total. The molecule has 1 unspecified atom stereocenters. The zero-order chi connectivity index (χ0) is 20.4. The molecule has 6 nitrogen and oxygen atoms in total. The van der Waals surface area contributed by atoms with E-state index < -0.39 is 28.9 Å². The van der Waals surface area contributed by atoms with Gasteiger partial charge in [0.15, 0.2) is 0 Å². The fourth-order valence-corrected chi connectivity index (χ4v) is 3.09. The van der Waals surface area contributed by atoms with Crippen LogP contribution in [0.1, 0.15) is 6.92 Å². The van der Waals surface area contributed by atoms with Crippen LogP contribution in [0.5, 0.6) is 0 Å². The Balaban J connectivity index is 2.18. The molecule has 146 valence electrons. The number of alkyl halides is 3. The van der Waals surface area contributed by atoms with Crippen molar-refractivity contribution in [1.82, 2.24) is 9.97 Å². The van der Waals surface area contributed by atoms with Gasteiger partial charge in [-0.3, -0.25) is 9.11 Å². The number of fused-ring (bicyclic) bond motifs is 1.